The molecule has 0 bridgehead atoms. The molecule has 0 saturated heterocycles. The van der Waals surface area contributed by atoms with Gasteiger partial charge in [-0.15, -0.1) is 0 Å². The van der Waals surface area contributed by atoms with Gasteiger partial charge in [0.15, 0.2) is 17.5 Å². The SMILES string of the molecule is CCCCCCC1CCC(CCC2CCC(CCc3cc(F)c(F)c(F)c3)CC2)CC1. The van der Waals surface area contributed by atoms with E-state index in [0.717, 1.165) is 36.3 Å². The van der Waals surface area contributed by atoms with Gasteiger partial charge in [0.2, 0.25) is 0 Å². The van der Waals surface area contributed by atoms with E-state index in [1.54, 1.807) is 0 Å². The van der Waals surface area contributed by atoms with Crippen molar-refractivity contribution >= 4 is 0 Å². The number of benzene rings is 1. The summed E-state index contributed by atoms with van der Waals surface area (Å²) in [4.78, 5) is 0. The zero-order valence-corrected chi connectivity index (χ0v) is 19.6. The zero-order chi connectivity index (χ0) is 22.1. The molecule has 3 rings (SSSR count). The van der Waals surface area contributed by atoms with Gasteiger partial charge in [-0.05, 0) is 54.2 Å². The fraction of sp³-hybridized carbons (Fsp3) is 0.786. The molecule has 0 unspecified atom stereocenters. The van der Waals surface area contributed by atoms with Crippen molar-refractivity contribution in [1.29, 1.82) is 0 Å². The second-order valence-corrected chi connectivity index (χ2v) is 10.6. The van der Waals surface area contributed by atoms with Gasteiger partial charge in [0.05, 0.1) is 0 Å². The van der Waals surface area contributed by atoms with Crippen LogP contribution in [0.3, 0.4) is 0 Å². The van der Waals surface area contributed by atoms with Crippen molar-refractivity contribution in [2.24, 2.45) is 23.7 Å². The first-order valence-electron chi connectivity index (χ1n) is 13.2. The summed E-state index contributed by atoms with van der Waals surface area (Å²) in [6.45, 7) is 2.29. The molecule has 2 fully saturated rings. The smallest absolute Gasteiger partial charge is 0.194 e. The van der Waals surface area contributed by atoms with Gasteiger partial charge in [0.25, 0.3) is 0 Å². The van der Waals surface area contributed by atoms with Crippen LogP contribution in [-0.2, 0) is 6.42 Å². The predicted molar refractivity (Wildman–Crippen MR) is 124 cm³/mol. The van der Waals surface area contributed by atoms with E-state index < -0.39 is 17.5 Å². The highest BCUT2D eigenvalue weighted by atomic mass is 19.2. The second-order valence-electron chi connectivity index (χ2n) is 10.6. The molecule has 0 N–H and O–H groups in total. The van der Waals surface area contributed by atoms with Gasteiger partial charge >= 0.3 is 0 Å². The summed E-state index contributed by atoms with van der Waals surface area (Å²) >= 11 is 0. The van der Waals surface area contributed by atoms with Gasteiger partial charge < -0.3 is 0 Å². The fourth-order valence-corrected chi connectivity index (χ4v) is 6.07. The van der Waals surface area contributed by atoms with E-state index in [2.05, 4.69) is 6.92 Å². The van der Waals surface area contributed by atoms with E-state index in [-0.39, 0.29) is 0 Å². The fourth-order valence-electron chi connectivity index (χ4n) is 6.07. The van der Waals surface area contributed by atoms with Crippen molar-refractivity contribution < 1.29 is 13.2 Å². The van der Waals surface area contributed by atoms with E-state index in [4.69, 9.17) is 0 Å². The average Bonchev–Trinajstić information content (AvgIpc) is 2.79. The summed E-state index contributed by atoms with van der Waals surface area (Å²) in [7, 11) is 0. The lowest BCUT2D eigenvalue weighted by Crippen LogP contribution is -2.18. The molecule has 0 spiro atoms. The summed E-state index contributed by atoms with van der Waals surface area (Å²) in [5.41, 5.74) is 0.583. The third-order valence-corrected chi connectivity index (χ3v) is 8.27. The quantitative estimate of drug-likeness (QED) is 0.239. The molecule has 2 saturated carbocycles. The van der Waals surface area contributed by atoms with Crippen LogP contribution in [0.1, 0.15) is 115 Å². The molecule has 0 heterocycles. The molecular weight excluding hydrogens is 393 g/mol. The average molecular weight is 437 g/mol. The van der Waals surface area contributed by atoms with E-state index in [0.29, 0.717) is 17.9 Å². The van der Waals surface area contributed by atoms with Gasteiger partial charge in [-0.25, -0.2) is 13.2 Å². The Balaban J connectivity index is 1.26. The Labute approximate surface area is 188 Å². The normalized spacial score (nSPS) is 26.8. The lowest BCUT2D eigenvalue weighted by Gasteiger charge is -2.32. The van der Waals surface area contributed by atoms with E-state index in [9.17, 15) is 13.2 Å². The van der Waals surface area contributed by atoms with Crippen LogP contribution >= 0.6 is 0 Å². The number of rotatable bonds is 11. The van der Waals surface area contributed by atoms with Crippen LogP contribution in [0.25, 0.3) is 0 Å². The molecule has 1 aromatic carbocycles. The summed E-state index contributed by atoms with van der Waals surface area (Å²) in [6.07, 6.45) is 22.4. The van der Waals surface area contributed by atoms with E-state index in [1.165, 1.54) is 96.3 Å². The largest absolute Gasteiger partial charge is 0.204 e. The molecular formula is C28H43F3. The van der Waals surface area contributed by atoms with Gasteiger partial charge in [0.1, 0.15) is 0 Å². The molecule has 176 valence electrons. The highest BCUT2D eigenvalue weighted by Gasteiger charge is 2.25. The van der Waals surface area contributed by atoms with Crippen LogP contribution in [0, 0.1) is 41.1 Å². The van der Waals surface area contributed by atoms with Crippen molar-refractivity contribution in [1.82, 2.24) is 0 Å². The number of hydrogen-bond acceptors (Lipinski definition) is 0. The monoisotopic (exact) mass is 436 g/mol. The van der Waals surface area contributed by atoms with Crippen LogP contribution in [0.15, 0.2) is 12.1 Å². The maximum Gasteiger partial charge on any atom is 0.194 e. The van der Waals surface area contributed by atoms with Crippen molar-refractivity contribution in [2.75, 3.05) is 0 Å². The Hall–Kier alpha value is -0.990. The lowest BCUT2D eigenvalue weighted by atomic mass is 9.74. The summed E-state index contributed by atoms with van der Waals surface area (Å²) < 4.78 is 39.9. The van der Waals surface area contributed by atoms with Gasteiger partial charge in [-0.1, -0.05) is 103 Å². The molecule has 0 aromatic heterocycles. The third-order valence-electron chi connectivity index (χ3n) is 8.27. The Morgan fingerprint density at radius 1 is 0.613 bits per heavy atom. The van der Waals surface area contributed by atoms with Crippen molar-refractivity contribution in [3.05, 3.63) is 35.1 Å². The van der Waals surface area contributed by atoms with Crippen LogP contribution < -0.4 is 0 Å². The van der Waals surface area contributed by atoms with Crippen LogP contribution in [0.2, 0.25) is 0 Å². The minimum atomic E-state index is -1.36. The Kier molecular flexibility index (Phi) is 10.3. The predicted octanol–water partition coefficient (Wildman–Crippen LogP) is 9.40. The van der Waals surface area contributed by atoms with E-state index in [1.807, 2.05) is 0 Å². The van der Waals surface area contributed by atoms with Gasteiger partial charge in [-0.2, -0.15) is 0 Å². The number of unbranched alkanes of at least 4 members (excludes halogenated alkanes) is 3. The molecule has 0 amide bonds. The molecule has 2 aliphatic carbocycles. The molecule has 3 heteroatoms. The summed E-state index contributed by atoms with van der Waals surface area (Å²) in [5.74, 6) is 0.0111. The van der Waals surface area contributed by atoms with Crippen LogP contribution in [0.5, 0.6) is 0 Å². The van der Waals surface area contributed by atoms with Crippen molar-refractivity contribution in [3.63, 3.8) is 0 Å². The molecule has 1 aromatic rings. The lowest BCUT2D eigenvalue weighted by molar-refractivity contribution is 0.208. The molecule has 2 aliphatic rings. The zero-order valence-electron chi connectivity index (χ0n) is 19.6. The number of hydrogen-bond donors (Lipinski definition) is 0. The molecule has 0 nitrogen and oxygen atoms in total. The highest BCUT2D eigenvalue weighted by molar-refractivity contribution is 5.19. The first-order valence-corrected chi connectivity index (χ1v) is 13.2. The van der Waals surface area contributed by atoms with Crippen LogP contribution in [-0.4, -0.2) is 0 Å². The van der Waals surface area contributed by atoms with Crippen LogP contribution in [0.4, 0.5) is 13.2 Å². The molecule has 0 atom stereocenters. The molecule has 0 aliphatic heterocycles. The maximum absolute atomic E-state index is 13.4. The Bertz CT molecular complexity index is 617. The standard InChI is InChI=1S/C28H43F3/c1-2-3-4-5-6-21-7-9-22(10-8-21)11-12-23-13-15-24(16-14-23)17-18-25-19-26(29)28(31)27(30)20-25/h19-24H,2-18H2,1H3. The summed E-state index contributed by atoms with van der Waals surface area (Å²) in [5, 5.41) is 0. The summed E-state index contributed by atoms with van der Waals surface area (Å²) in [6, 6.07) is 2.31. The first kappa shape index (κ1) is 24.6. The minimum Gasteiger partial charge on any atom is -0.204 e. The van der Waals surface area contributed by atoms with Crippen molar-refractivity contribution in [3.8, 4) is 0 Å². The van der Waals surface area contributed by atoms with Crippen molar-refractivity contribution in [2.45, 2.75) is 116 Å². The Morgan fingerprint density at radius 3 is 1.55 bits per heavy atom. The molecule has 0 radical (unpaired) electrons. The maximum atomic E-state index is 13.4. The Morgan fingerprint density at radius 2 is 1.06 bits per heavy atom. The number of halogens is 3. The van der Waals surface area contributed by atoms with Gasteiger partial charge in [-0.3, -0.25) is 0 Å². The minimum absolute atomic E-state index is 0.583. The highest BCUT2D eigenvalue weighted by Crippen LogP contribution is 2.38. The van der Waals surface area contributed by atoms with Gasteiger partial charge in [0, 0.05) is 0 Å². The third kappa shape index (κ3) is 8.13. The first-order chi connectivity index (χ1) is 15.0. The second kappa shape index (κ2) is 12.9. The molecule has 31 heavy (non-hydrogen) atoms. The van der Waals surface area contributed by atoms with E-state index >= 15 is 0 Å². The topological polar surface area (TPSA) is 0 Å². The number of aryl methyl sites for hydroxylation is 1.